The number of hydrogen-bond donors (Lipinski definition) is 2. The van der Waals surface area contributed by atoms with Crippen LogP contribution in [0.4, 0.5) is 0 Å². The van der Waals surface area contributed by atoms with Crippen LogP contribution in [0.25, 0.3) is 0 Å². The number of ether oxygens (including phenoxy) is 1. The van der Waals surface area contributed by atoms with Gasteiger partial charge in [0.25, 0.3) is 0 Å². The number of rotatable bonds is 6. The van der Waals surface area contributed by atoms with Crippen molar-refractivity contribution < 1.29 is 24.2 Å². The van der Waals surface area contributed by atoms with Crippen LogP contribution in [0.15, 0.2) is 30.3 Å². The van der Waals surface area contributed by atoms with E-state index in [0.717, 1.165) is 5.56 Å². The molecule has 1 aromatic carbocycles. The summed E-state index contributed by atoms with van der Waals surface area (Å²) in [5.74, 6) is -2.97. The van der Waals surface area contributed by atoms with Gasteiger partial charge in [-0.1, -0.05) is 30.3 Å². The quantitative estimate of drug-likeness (QED) is 0.436. The third kappa shape index (κ3) is 6.18. The van der Waals surface area contributed by atoms with Gasteiger partial charge >= 0.3 is 11.9 Å². The van der Waals surface area contributed by atoms with Crippen LogP contribution in [0.1, 0.15) is 12.5 Å². The minimum Gasteiger partial charge on any atom is -0.479 e. The molecule has 2 N–H and O–H groups in total. The second-order valence-electron chi connectivity index (χ2n) is 3.75. The summed E-state index contributed by atoms with van der Waals surface area (Å²) < 4.78 is 4.58. The maximum Gasteiger partial charge on any atom is 0.340 e. The van der Waals surface area contributed by atoms with Crippen LogP contribution in [-0.2, 0) is 25.5 Å². The van der Waals surface area contributed by atoms with Gasteiger partial charge in [-0.2, -0.15) is 0 Å². The van der Waals surface area contributed by atoms with Gasteiger partial charge in [-0.25, -0.2) is 9.59 Å². The molecule has 0 aliphatic rings. The Morgan fingerprint density at radius 1 is 1.25 bits per heavy atom. The number of aliphatic carboxylic acids is 1. The van der Waals surface area contributed by atoms with Crippen molar-refractivity contribution >= 4 is 47.4 Å². The molecule has 0 saturated carbocycles. The van der Waals surface area contributed by atoms with Crippen molar-refractivity contribution in [2.24, 2.45) is 0 Å². The van der Waals surface area contributed by atoms with Gasteiger partial charge in [0.1, 0.15) is 0 Å². The molecule has 1 aromatic rings. The zero-order valence-corrected chi connectivity index (χ0v) is 13.5. The maximum absolute atomic E-state index is 11.7. The molecule has 0 saturated heterocycles. The van der Waals surface area contributed by atoms with Crippen molar-refractivity contribution in [1.29, 1.82) is 0 Å². The van der Waals surface area contributed by atoms with Crippen molar-refractivity contribution in [3.8, 4) is 0 Å². The van der Waals surface area contributed by atoms with E-state index in [1.165, 1.54) is 0 Å². The zero-order valence-electron chi connectivity index (χ0n) is 11.5. The Labute approximate surface area is 138 Å². The normalized spacial score (nSPS) is 10.8. The Hall–Kier alpha value is -1.37. The fraction of sp³-hybridized carbons (Fsp3) is 0.308. The summed E-state index contributed by atoms with van der Waals surface area (Å²) >= 11 is 0. The Morgan fingerprint density at radius 2 is 1.85 bits per heavy atom. The van der Waals surface area contributed by atoms with Crippen LogP contribution in [0, 0.1) is 0 Å². The molecule has 0 bridgehead atoms. The van der Waals surface area contributed by atoms with Crippen molar-refractivity contribution in [3.05, 3.63) is 35.9 Å². The third-order valence-electron chi connectivity index (χ3n) is 2.28. The van der Waals surface area contributed by atoms with E-state index in [4.69, 9.17) is 5.11 Å². The van der Waals surface area contributed by atoms with Crippen molar-refractivity contribution in [3.63, 3.8) is 0 Å². The number of carbonyl (C=O) groups excluding carboxylic acids is 2. The van der Waals surface area contributed by atoms with Gasteiger partial charge in [-0.05, 0) is 12.5 Å². The van der Waals surface area contributed by atoms with E-state index in [9.17, 15) is 14.4 Å². The van der Waals surface area contributed by atoms with E-state index in [2.05, 4.69) is 10.1 Å². The summed E-state index contributed by atoms with van der Waals surface area (Å²) in [6.07, 6.45) is 0.00399. The predicted molar refractivity (Wildman–Crippen MR) is 72.1 cm³/mol. The smallest absolute Gasteiger partial charge is 0.340 e. The zero-order chi connectivity index (χ0) is 14.3. The summed E-state index contributed by atoms with van der Waals surface area (Å²) in [7, 11) is 0. The standard InChI is InChI=1S/C13H15NO5.Na/c1-2-19-13(18)11(12(16)17)14-10(15)8-9-6-4-3-5-7-9;/h3-7,11H,2,8H2,1H3,(H,14,15)(H,16,17);. The van der Waals surface area contributed by atoms with Gasteiger partial charge in [-0.15, -0.1) is 0 Å². The number of esters is 1. The molecule has 1 atom stereocenters. The molecule has 1 radical (unpaired) electrons. The Morgan fingerprint density at radius 3 is 2.35 bits per heavy atom. The van der Waals surface area contributed by atoms with E-state index in [1.54, 1.807) is 37.3 Å². The summed E-state index contributed by atoms with van der Waals surface area (Å²) in [4.78, 5) is 33.9. The van der Waals surface area contributed by atoms with Gasteiger partial charge in [0.2, 0.25) is 11.9 Å². The van der Waals surface area contributed by atoms with Crippen LogP contribution in [-0.4, -0.2) is 65.2 Å². The first-order chi connectivity index (χ1) is 9.04. The average molecular weight is 288 g/mol. The number of carboxylic acid groups (broad SMARTS) is 1. The molecule has 103 valence electrons. The summed E-state index contributed by atoms with van der Waals surface area (Å²) in [6.45, 7) is 1.61. The molecule has 1 rings (SSSR count). The molecule has 1 amide bonds. The van der Waals surface area contributed by atoms with Crippen molar-refractivity contribution in [2.75, 3.05) is 6.61 Å². The Balaban J connectivity index is 0.00000361. The van der Waals surface area contributed by atoms with Crippen LogP contribution in [0.3, 0.4) is 0 Å². The molecule has 6 nitrogen and oxygen atoms in total. The second kappa shape index (κ2) is 9.52. The molecule has 0 spiro atoms. The van der Waals surface area contributed by atoms with Crippen LogP contribution >= 0.6 is 0 Å². The molecule has 0 fully saturated rings. The first-order valence-corrected chi connectivity index (χ1v) is 5.77. The van der Waals surface area contributed by atoms with Gasteiger partial charge in [0, 0.05) is 29.6 Å². The van der Waals surface area contributed by atoms with E-state index in [1.807, 2.05) is 0 Å². The molecule has 0 aromatic heterocycles. The molecule has 0 aliphatic carbocycles. The van der Waals surface area contributed by atoms with Gasteiger partial charge in [0.05, 0.1) is 13.0 Å². The SMILES string of the molecule is CCOC(=O)C(NC(=O)Cc1ccccc1)C(=O)O.[Na]. The van der Waals surface area contributed by atoms with Gasteiger partial charge in [-0.3, -0.25) is 4.79 Å². The molecule has 7 heteroatoms. The third-order valence-corrected chi connectivity index (χ3v) is 2.28. The van der Waals surface area contributed by atoms with Gasteiger partial charge < -0.3 is 15.2 Å². The number of carboxylic acids is 1. The van der Waals surface area contributed by atoms with E-state index in [0.29, 0.717) is 0 Å². The number of carbonyl (C=O) groups is 3. The van der Waals surface area contributed by atoms with Crippen LogP contribution < -0.4 is 5.32 Å². The number of hydrogen-bond acceptors (Lipinski definition) is 4. The molecule has 20 heavy (non-hydrogen) atoms. The Bertz CT molecular complexity index is 463. The van der Waals surface area contributed by atoms with Crippen molar-refractivity contribution in [1.82, 2.24) is 5.32 Å². The first kappa shape index (κ1) is 18.6. The van der Waals surface area contributed by atoms with Gasteiger partial charge in [0.15, 0.2) is 0 Å². The average Bonchev–Trinajstić information content (AvgIpc) is 2.37. The number of nitrogens with one attached hydrogen (secondary N) is 1. The summed E-state index contributed by atoms with van der Waals surface area (Å²) in [5.41, 5.74) is 0.730. The predicted octanol–water partition coefficient (Wildman–Crippen LogP) is -0.0192. The van der Waals surface area contributed by atoms with Crippen LogP contribution in [0.5, 0.6) is 0 Å². The summed E-state index contributed by atoms with van der Waals surface area (Å²) in [6, 6.07) is 7.14. The largest absolute Gasteiger partial charge is 0.479 e. The monoisotopic (exact) mass is 288 g/mol. The maximum atomic E-state index is 11.7. The fourth-order valence-electron chi connectivity index (χ4n) is 1.44. The van der Waals surface area contributed by atoms with Crippen molar-refractivity contribution in [2.45, 2.75) is 19.4 Å². The summed E-state index contributed by atoms with van der Waals surface area (Å²) in [5, 5.41) is 11.0. The second-order valence-corrected chi connectivity index (χ2v) is 3.75. The molecule has 0 aliphatic heterocycles. The number of benzene rings is 1. The van der Waals surface area contributed by atoms with E-state index >= 15 is 0 Å². The molecule has 0 heterocycles. The molecule has 1 unspecified atom stereocenters. The van der Waals surface area contributed by atoms with E-state index < -0.39 is 23.9 Å². The fourth-order valence-corrected chi connectivity index (χ4v) is 1.44. The molecular formula is C13H15NNaO5. The van der Waals surface area contributed by atoms with E-state index in [-0.39, 0.29) is 42.6 Å². The minimum absolute atomic E-state index is 0. The minimum atomic E-state index is -1.67. The Kier molecular flexibility index (Phi) is 8.87. The first-order valence-electron chi connectivity index (χ1n) is 5.77. The molecular weight excluding hydrogens is 273 g/mol. The van der Waals surface area contributed by atoms with Crippen LogP contribution in [0.2, 0.25) is 0 Å². The number of amides is 1. The topological polar surface area (TPSA) is 92.7 Å².